The summed E-state index contributed by atoms with van der Waals surface area (Å²) in [6.07, 6.45) is -11.0. The number of nitrogens with one attached hydrogen (secondary N) is 1. The highest BCUT2D eigenvalue weighted by Gasteiger charge is 2.57. The van der Waals surface area contributed by atoms with Gasteiger partial charge in [-0.05, 0) is 54.7 Å². The van der Waals surface area contributed by atoms with Crippen LogP contribution in [0, 0.1) is 11.8 Å². The topological polar surface area (TPSA) is 12.0 Å². The quantitative estimate of drug-likeness (QED) is 0.506. The molecule has 5 aliphatic rings. The first-order chi connectivity index (χ1) is 12.6. The van der Waals surface area contributed by atoms with Crippen molar-refractivity contribution in [3.8, 4) is 0 Å². The average molecular weight is 385 g/mol. The number of anilines is 2. The number of hydrogen-bond donors (Lipinski definition) is 1. The predicted octanol–water partition coefficient (Wildman–Crippen LogP) is 6.57. The molecule has 4 aliphatic heterocycles. The van der Waals surface area contributed by atoms with Crippen LogP contribution in [0.3, 0.4) is 0 Å². The zero-order valence-corrected chi connectivity index (χ0v) is 14.2. The van der Waals surface area contributed by atoms with Crippen LogP contribution in [0.1, 0.15) is 30.4 Å². The van der Waals surface area contributed by atoms with Crippen molar-refractivity contribution in [1.29, 1.82) is 0 Å². The first-order valence-electron chi connectivity index (χ1n) is 8.69. The van der Waals surface area contributed by atoms with Crippen LogP contribution in [0.25, 0.3) is 0 Å². The second-order valence-corrected chi connectivity index (χ2v) is 7.48. The van der Waals surface area contributed by atoms with Crippen molar-refractivity contribution in [2.75, 3.05) is 5.32 Å². The van der Waals surface area contributed by atoms with E-state index in [-0.39, 0.29) is 12.8 Å². The molecule has 2 aromatic rings. The zero-order chi connectivity index (χ0) is 19.4. The Labute approximate surface area is 152 Å². The average Bonchev–Trinajstić information content (AvgIpc) is 2.61. The largest absolute Gasteiger partial charge is 0.391 e. The third kappa shape index (κ3) is 3.17. The van der Waals surface area contributed by atoms with Gasteiger partial charge in [-0.25, -0.2) is 0 Å². The maximum Gasteiger partial charge on any atom is 0.391 e. The Morgan fingerprint density at radius 3 is 1.37 bits per heavy atom. The molecule has 1 nitrogen and oxygen atoms in total. The second kappa shape index (κ2) is 5.91. The third-order valence-corrected chi connectivity index (χ3v) is 5.85. The number of benzene rings is 2. The Morgan fingerprint density at radius 2 is 1.04 bits per heavy atom. The highest BCUT2D eigenvalue weighted by molar-refractivity contribution is 5.63. The van der Waals surface area contributed by atoms with Gasteiger partial charge in [-0.15, -0.1) is 0 Å². The summed E-state index contributed by atoms with van der Waals surface area (Å²) in [5.74, 6) is -4.00. The van der Waals surface area contributed by atoms with Crippen molar-refractivity contribution in [3.63, 3.8) is 0 Å². The van der Waals surface area contributed by atoms with Gasteiger partial charge in [0.1, 0.15) is 0 Å². The van der Waals surface area contributed by atoms with Crippen LogP contribution < -0.4 is 5.32 Å². The van der Waals surface area contributed by atoms with E-state index in [1.165, 1.54) is 0 Å². The molecule has 7 heteroatoms. The molecule has 0 aromatic heterocycles. The molecule has 2 aromatic carbocycles. The summed E-state index contributed by atoms with van der Waals surface area (Å²) in [7, 11) is 0. The smallest absolute Gasteiger partial charge is 0.356 e. The van der Waals surface area contributed by atoms with Gasteiger partial charge in [-0.2, -0.15) is 26.3 Å². The number of halogens is 6. The maximum absolute atomic E-state index is 13.6. The van der Waals surface area contributed by atoms with E-state index in [4.69, 9.17) is 0 Å². The van der Waals surface area contributed by atoms with Gasteiger partial charge in [0.15, 0.2) is 0 Å². The number of alkyl halides is 6. The van der Waals surface area contributed by atoms with E-state index in [9.17, 15) is 26.3 Å². The Hall–Kier alpha value is -2.18. The zero-order valence-electron chi connectivity index (χ0n) is 14.2. The standard InChI is InChI=1S/C20H17F6N/c21-19(22,23)14-9-15(20(24,25)26)11-18(10-14)12-1-5-16(6-2-12)27-17-7-3-13(18)4-8-17/h1-8,14-15,27H,9-11H2. The predicted molar refractivity (Wildman–Crippen MR) is 89.9 cm³/mol. The molecule has 1 aliphatic carbocycles. The number of hydrogen-bond acceptors (Lipinski definition) is 1. The minimum atomic E-state index is -4.67. The highest BCUT2D eigenvalue weighted by Crippen LogP contribution is 2.56. The minimum Gasteiger partial charge on any atom is -0.356 e. The minimum absolute atomic E-state index is 0.380. The lowest BCUT2D eigenvalue weighted by Crippen LogP contribution is -2.46. The summed E-state index contributed by atoms with van der Waals surface area (Å²) in [6, 6.07) is 13.4. The lowest BCUT2D eigenvalue weighted by Gasteiger charge is -2.46. The van der Waals surface area contributed by atoms with Gasteiger partial charge >= 0.3 is 12.4 Å². The van der Waals surface area contributed by atoms with Gasteiger partial charge in [-0.1, -0.05) is 24.3 Å². The van der Waals surface area contributed by atoms with Crippen LogP contribution in [0.5, 0.6) is 0 Å². The summed E-state index contributed by atoms with van der Waals surface area (Å²) >= 11 is 0. The van der Waals surface area contributed by atoms with Crippen molar-refractivity contribution >= 4 is 11.4 Å². The van der Waals surface area contributed by atoms with E-state index < -0.39 is 36.0 Å². The summed E-state index contributed by atoms with van der Waals surface area (Å²) in [4.78, 5) is 0. The lowest BCUT2D eigenvalue weighted by molar-refractivity contribution is -0.229. The molecule has 4 bridgehead atoms. The molecule has 1 N–H and O–H groups in total. The molecular weight excluding hydrogens is 368 g/mol. The van der Waals surface area contributed by atoms with Gasteiger partial charge in [0.05, 0.1) is 11.8 Å². The van der Waals surface area contributed by atoms with Crippen LogP contribution in [0.15, 0.2) is 48.5 Å². The molecular formula is C20H17F6N. The molecule has 2 atom stereocenters. The van der Waals surface area contributed by atoms with Crippen LogP contribution in [-0.2, 0) is 5.41 Å². The first kappa shape index (κ1) is 18.2. The molecule has 27 heavy (non-hydrogen) atoms. The monoisotopic (exact) mass is 385 g/mol. The lowest BCUT2D eigenvalue weighted by atomic mass is 9.59. The summed E-state index contributed by atoms with van der Waals surface area (Å²) in [5, 5.41) is 3.16. The van der Waals surface area contributed by atoms with Crippen molar-refractivity contribution < 1.29 is 26.3 Å². The molecule has 4 heterocycles. The van der Waals surface area contributed by atoms with Crippen LogP contribution in [-0.4, -0.2) is 12.4 Å². The Kier molecular flexibility index (Phi) is 3.98. The van der Waals surface area contributed by atoms with Gasteiger partial charge in [-0.3, -0.25) is 0 Å². The molecule has 1 fully saturated rings. The number of rotatable bonds is 0. The molecule has 7 rings (SSSR count). The third-order valence-electron chi connectivity index (χ3n) is 5.85. The Balaban J connectivity index is 1.92. The van der Waals surface area contributed by atoms with E-state index in [0.717, 1.165) is 11.4 Å². The van der Waals surface area contributed by atoms with E-state index >= 15 is 0 Å². The first-order valence-corrected chi connectivity index (χ1v) is 8.69. The molecule has 2 unspecified atom stereocenters. The van der Waals surface area contributed by atoms with Crippen LogP contribution >= 0.6 is 0 Å². The van der Waals surface area contributed by atoms with Crippen molar-refractivity contribution in [2.24, 2.45) is 11.8 Å². The van der Waals surface area contributed by atoms with E-state index in [1.54, 1.807) is 48.5 Å². The van der Waals surface area contributed by atoms with Gasteiger partial charge in [0, 0.05) is 16.8 Å². The molecule has 1 spiro atoms. The second-order valence-electron chi connectivity index (χ2n) is 7.48. The normalized spacial score (nSPS) is 24.1. The molecule has 0 saturated heterocycles. The van der Waals surface area contributed by atoms with Crippen LogP contribution in [0.4, 0.5) is 37.7 Å². The summed E-state index contributed by atoms with van der Waals surface area (Å²) in [6.45, 7) is 0. The van der Waals surface area contributed by atoms with Crippen molar-refractivity contribution in [3.05, 3.63) is 59.7 Å². The fourth-order valence-corrected chi connectivity index (χ4v) is 4.48. The highest BCUT2D eigenvalue weighted by atomic mass is 19.4. The van der Waals surface area contributed by atoms with Crippen molar-refractivity contribution in [1.82, 2.24) is 0 Å². The van der Waals surface area contributed by atoms with Gasteiger partial charge in [0.2, 0.25) is 0 Å². The Bertz CT molecular complexity index is 750. The van der Waals surface area contributed by atoms with Gasteiger partial charge in [0.25, 0.3) is 0 Å². The molecule has 0 amide bonds. The molecule has 1 saturated carbocycles. The van der Waals surface area contributed by atoms with Gasteiger partial charge < -0.3 is 5.32 Å². The fraction of sp³-hybridized carbons (Fsp3) is 0.400. The maximum atomic E-state index is 13.6. The van der Waals surface area contributed by atoms with E-state index in [0.29, 0.717) is 11.1 Å². The van der Waals surface area contributed by atoms with Crippen molar-refractivity contribution in [2.45, 2.75) is 37.0 Å². The fourth-order valence-electron chi connectivity index (χ4n) is 4.48. The van der Waals surface area contributed by atoms with E-state index in [1.807, 2.05) is 0 Å². The van der Waals surface area contributed by atoms with Crippen LogP contribution in [0.2, 0.25) is 0 Å². The SMILES string of the molecule is FC(F)(F)C1CC(C(F)(F)F)CC2(C1)c1ccc(cc1)Nc1ccc2cc1. The Morgan fingerprint density at radius 1 is 0.667 bits per heavy atom. The van der Waals surface area contributed by atoms with E-state index in [2.05, 4.69) is 5.32 Å². The molecule has 144 valence electrons. The summed E-state index contributed by atoms with van der Waals surface area (Å²) < 4.78 is 81.4. The summed E-state index contributed by atoms with van der Waals surface area (Å²) in [5.41, 5.74) is 1.13. The molecule has 0 radical (unpaired) electrons.